The number of fused-ring (bicyclic) bond motifs is 2. The van der Waals surface area contributed by atoms with Crippen LogP contribution in [-0.2, 0) is 0 Å². The van der Waals surface area contributed by atoms with Crippen LogP contribution in [0, 0.1) is 11.8 Å². The summed E-state index contributed by atoms with van der Waals surface area (Å²) in [5.74, 6) is 2.14. The third kappa shape index (κ3) is 2.47. The highest BCUT2D eigenvalue weighted by Crippen LogP contribution is 2.44. The molecule has 4 heteroatoms. The van der Waals surface area contributed by atoms with E-state index in [2.05, 4.69) is 5.32 Å². The molecule has 3 unspecified atom stereocenters. The highest BCUT2D eigenvalue weighted by Gasteiger charge is 2.40. The Bertz CT molecular complexity index is 515. The zero-order valence-electron chi connectivity index (χ0n) is 11.9. The van der Waals surface area contributed by atoms with Gasteiger partial charge in [-0.05, 0) is 56.2 Å². The van der Waals surface area contributed by atoms with Crippen LogP contribution in [0.2, 0.25) is 0 Å². The summed E-state index contributed by atoms with van der Waals surface area (Å²) in [6, 6.07) is 5.61. The summed E-state index contributed by atoms with van der Waals surface area (Å²) in [5, 5.41) is 3.17. The van der Waals surface area contributed by atoms with Crippen LogP contribution in [-0.4, -0.2) is 18.6 Å². The molecule has 0 aromatic heterocycles. The summed E-state index contributed by atoms with van der Waals surface area (Å²) in [4.78, 5) is 12.3. The number of nitrogens with two attached hydrogens (primary N) is 1. The lowest BCUT2D eigenvalue weighted by molar-refractivity contribution is 0.0923. The highest BCUT2D eigenvalue weighted by atomic mass is 16.5. The minimum Gasteiger partial charge on any atom is -0.492 e. The van der Waals surface area contributed by atoms with Crippen molar-refractivity contribution in [2.24, 2.45) is 11.8 Å². The van der Waals surface area contributed by atoms with E-state index in [1.54, 1.807) is 18.2 Å². The van der Waals surface area contributed by atoms with E-state index in [1.807, 2.05) is 6.92 Å². The Morgan fingerprint density at radius 2 is 2.25 bits per heavy atom. The van der Waals surface area contributed by atoms with Crippen molar-refractivity contribution in [1.29, 1.82) is 0 Å². The Balaban J connectivity index is 1.66. The SMILES string of the molecule is CCOc1ccc(C(=O)NC2CC3CCC2C3)cc1N. The Morgan fingerprint density at radius 1 is 1.40 bits per heavy atom. The Kier molecular flexibility index (Phi) is 3.55. The second kappa shape index (κ2) is 5.35. The predicted octanol–water partition coefficient (Wildman–Crippen LogP) is 2.59. The summed E-state index contributed by atoms with van der Waals surface area (Å²) in [6.45, 7) is 2.48. The maximum Gasteiger partial charge on any atom is 0.251 e. The quantitative estimate of drug-likeness (QED) is 0.829. The van der Waals surface area contributed by atoms with Gasteiger partial charge in [-0.3, -0.25) is 4.79 Å². The van der Waals surface area contributed by atoms with Crippen LogP contribution in [0.5, 0.6) is 5.75 Å². The van der Waals surface area contributed by atoms with E-state index in [0.29, 0.717) is 35.6 Å². The van der Waals surface area contributed by atoms with Crippen LogP contribution in [0.15, 0.2) is 18.2 Å². The van der Waals surface area contributed by atoms with E-state index in [-0.39, 0.29) is 5.91 Å². The molecule has 2 saturated carbocycles. The Labute approximate surface area is 119 Å². The molecule has 0 spiro atoms. The lowest BCUT2D eigenvalue weighted by Gasteiger charge is -2.23. The molecule has 4 nitrogen and oxygen atoms in total. The number of ether oxygens (including phenoxy) is 1. The first-order chi connectivity index (χ1) is 9.67. The number of benzene rings is 1. The van der Waals surface area contributed by atoms with Crippen LogP contribution in [0.3, 0.4) is 0 Å². The van der Waals surface area contributed by atoms with E-state index >= 15 is 0 Å². The van der Waals surface area contributed by atoms with Gasteiger partial charge in [0.15, 0.2) is 0 Å². The molecule has 1 aromatic rings. The number of rotatable bonds is 4. The molecule has 3 N–H and O–H groups in total. The summed E-state index contributed by atoms with van der Waals surface area (Å²) in [7, 11) is 0. The second-order valence-electron chi connectivity index (χ2n) is 5.94. The van der Waals surface area contributed by atoms with Gasteiger partial charge in [-0.1, -0.05) is 6.42 Å². The maximum atomic E-state index is 12.3. The standard InChI is InChI=1S/C16H22N2O2/c1-2-20-15-6-5-12(9-13(15)17)16(19)18-14-8-10-3-4-11(14)7-10/h5-6,9-11,14H,2-4,7-8,17H2,1H3,(H,18,19). The lowest BCUT2D eigenvalue weighted by Crippen LogP contribution is -2.38. The van der Waals surface area contributed by atoms with Gasteiger partial charge >= 0.3 is 0 Å². The van der Waals surface area contributed by atoms with Gasteiger partial charge in [-0.2, -0.15) is 0 Å². The second-order valence-corrected chi connectivity index (χ2v) is 5.94. The fourth-order valence-corrected chi connectivity index (χ4v) is 3.65. The van der Waals surface area contributed by atoms with Gasteiger partial charge in [0.25, 0.3) is 5.91 Å². The fourth-order valence-electron chi connectivity index (χ4n) is 3.65. The molecule has 1 amide bonds. The number of hydrogen-bond donors (Lipinski definition) is 2. The molecule has 0 aliphatic heterocycles. The van der Waals surface area contributed by atoms with Crippen LogP contribution in [0.1, 0.15) is 43.0 Å². The van der Waals surface area contributed by atoms with Crippen molar-refractivity contribution >= 4 is 11.6 Å². The van der Waals surface area contributed by atoms with E-state index in [9.17, 15) is 4.79 Å². The smallest absolute Gasteiger partial charge is 0.251 e. The summed E-state index contributed by atoms with van der Waals surface area (Å²) < 4.78 is 5.39. The molecular formula is C16H22N2O2. The zero-order valence-corrected chi connectivity index (χ0v) is 11.9. The summed E-state index contributed by atoms with van der Waals surface area (Å²) >= 11 is 0. The third-order valence-corrected chi connectivity index (χ3v) is 4.63. The molecule has 0 heterocycles. The van der Waals surface area contributed by atoms with Gasteiger partial charge in [0, 0.05) is 11.6 Å². The minimum absolute atomic E-state index is 0.0164. The molecule has 2 bridgehead atoms. The van der Waals surface area contributed by atoms with Crippen molar-refractivity contribution in [3.05, 3.63) is 23.8 Å². The molecule has 3 atom stereocenters. The number of anilines is 1. The first-order valence-electron chi connectivity index (χ1n) is 7.50. The van der Waals surface area contributed by atoms with Crippen molar-refractivity contribution < 1.29 is 9.53 Å². The monoisotopic (exact) mass is 274 g/mol. The average Bonchev–Trinajstić information content (AvgIpc) is 3.03. The Hall–Kier alpha value is -1.71. The number of nitrogen functional groups attached to an aromatic ring is 1. The first kappa shape index (κ1) is 13.3. The Morgan fingerprint density at radius 3 is 2.85 bits per heavy atom. The van der Waals surface area contributed by atoms with Gasteiger partial charge in [0.2, 0.25) is 0 Å². The van der Waals surface area contributed by atoms with Gasteiger partial charge < -0.3 is 15.8 Å². The number of amides is 1. The van der Waals surface area contributed by atoms with E-state index in [1.165, 1.54) is 19.3 Å². The average molecular weight is 274 g/mol. The number of nitrogens with one attached hydrogen (secondary N) is 1. The van der Waals surface area contributed by atoms with Crippen LogP contribution in [0.25, 0.3) is 0 Å². The topological polar surface area (TPSA) is 64.3 Å². The molecule has 0 radical (unpaired) electrons. The molecular weight excluding hydrogens is 252 g/mol. The van der Waals surface area contributed by atoms with Crippen molar-refractivity contribution in [1.82, 2.24) is 5.32 Å². The van der Waals surface area contributed by atoms with Gasteiger partial charge in [0.05, 0.1) is 12.3 Å². The van der Waals surface area contributed by atoms with Crippen molar-refractivity contribution in [2.75, 3.05) is 12.3 Å². The molecule has 2 fully saturated rings. The molecule has 2 aliphatic carbocycles. The summed E-state index contributed by atoms with van der Waals surface area (Å²) in [6.07, 6.45) is 5.04. The number of carbonyl (C=O) groups excluding carboxylic acids is 1. The van der Waals surface area contributed by atoms with Crippen LogP contribution in [0.4, 0.5) is 5.69 Å². The summed E-state index contributed by atoms with van der Waals surface area (Å²) in [5.41, 5.74) is 7.05. The van der Waals surface area contributed by atoms with Crippen molar-refractivity contribution in [3.63, 3.8) is 0 Å². The van der Waals surface area contributed by atoms with Crippen LogP contribution >= 0.6 is 0 Å². The van der Waals surface area contributed by atoms with E-state index < -0.39 is 0 Å². The molecule has 0 saturated heterocycles. The molecule has 1 aromatic carbocycles. The minimum atomic E-state index is -0.0164. The lowest BCUT2D eigenvalue weighted by atomic mass is 9.95. The molecule has 20 heavy (non-hydrogen) atoms. The normalized spacial score (nSPS) is 27.6. The van der Waals surface area contributed by atoms with Gasteiger partial charge in [-0.15, -0.1) is 0 Å². The van der Waals surface area contributed by atoms with E-state index in [0.717, 1.165) is 12.3 Å². The van der Waals surface area contributed by atoms with Crippen LogP contribution < -0.4 is 15.8 Å². The predicted molar refractivity (Wildman–Crippen MR) is 78.7 cm³/mol. The molecule has 2 aliphatic rings. The largest absolute Gasteiger partial charge is 0.492 e. The number of hydrogen-bond acceptors (Lipinski definition) is 3. The molecule has 108 valence electrons. The fraction of sp³-hybridized carbons (Fsp3) is 0.562. The van der Waals surface area contributed by atoms with Gasteiger partial charge in [-0.25, -0.2) is 0 Å². The van der Waals surface area contributed by atoms with E-state index in [4.69, 9.17) is 10.5 Å². The molecule has 3 rings (SSSR count). The van der Waals surface area contributed by atoms with Gasteiger partial charge in [0.1, 0.15) is 5.75 Å². The first-order valence-corrected chi connectivity index (χ1v) is 7.50. The van der Waals surface area contributed by atoms with Crippen molar-refractivity contribution in [3.8, 4) is 5.75 Å². The zero-order chi connectivity index (χ0) is 14.1. The third-order valence-electron chi connectivity index (χ3n) is 4.63. The number of carbonyl (C=O) groups is 1. The highest BCUT2D eigenvalue weighted by molar-refractivity contribution is 5.95. The maximum absolute atomic E-state index is 12.3. The van der Waals surface area contributed by atoms with Crippen molar-refractivity contribution in [2.45, 2.75) is 38.6 Å².